The molecule has 4 rings (SSSR count). The number of aliphatic hydroxyl groups is 1. The molecular formula is C25H32N6O9. The first-order chi connectivity index (χ1) is 19.0. The lowest BCUT2D eigenvalue weighted by Gasteiger charge is -2.21. The number of rotatable bonds is 14. The molecule has 1 saturated carbocycles. The molecule has 0 spiro atoms. The van der Waals surface area contributed by atoms with Crippen LogP contribution in [-0.4, -0.2) is 112 Å². The van der Waals surface area contributed by atoms with E-state index >= 15 is 0 Å². The van der Waals surface area contributed by atoms with Crippen LogP contribution in [0.4, 0.5) is 0 Å². The minimum absolute atomic E-state index is 0.143. The van der Waals surface area contributed by atoms with Gasteiger partial charge in [-0.15, -0.1) is 5.10 Å². The minimum Gasteiger partial charge on any atom is -0.480 e. The maximum Gasteiger partial charge on any atom is 0.317 e. The van der Waals surface area contributed by atoms with E-state index in [0.717, 1.165) is 24.2 Å². The van der Waals surface area contributed by atoms with E-state index in [9.17, 15) is 44.7 Å². The van der Waals surface area contributed by atoms with Gasteiger partial charge in [-0.1, -0.05) is 5.21 Å². The monoisotopic (exact) mass is 560 g/mol. The number of hydrogen-bond acceptors (Lipinski definition) is 10. The number of carboxylic acid groups (broad SMARTS) is 4. The molecule has 0 aromatic carbocycles. The first kappa shape index (κ1) is 29.0. The van der Waals surface area contributed by atoms with Crippen LogP contribution in [-0.2, 0) is 45.1 Å². The Morgan fingerprint density at radius 2 is 1.27 bits per heavy atom. The molecule has 15 heteroatoms. The van der Waals surface area contributed by atoms with E-state index in [-0.39, 0.29) is 19.7 Å². The van der Waals surface area contributed by atoms with Gasteiger partial charge in [0.15, 0.2) is 0 Å². The van der Waals surface area contributed by atoms with Crippen LogP contribution in [0.2, 0.25) is 0 Å². The molecule has 1 fully saturated rings. The molecule has 5 N–H and O–H groups in total. The van der Waals surface area contributed by atoms with Crippen molar-refractivity contribution in [2.24, 2.45) is 17.8 Å². The minimum atomic E-state index is -1.22. The molecule has 3 atom stereocenters. The molecule has 216 valence electrons. The Morgan fingerprint density at radius 3 is 1.73 bits per heavy atom. The van der Waals surface area contributed by atoms with E-state index in [0.29, 0.717) is 47.7 Å². The number of carboxylic acids is 4. The fourth-order valence-electron chi connectivity index (χ4n) is 5.72. The molecule has 0 bridgehead atoms. The summed E-state index contributed by atoms with van der Waals surface area (Å²) in [5.41, 5.74) is 2.83. The zero-order valence-electron chi connectivity index (χ0n) is 21.7. The average Bonchev–Trinajstić information content (AvgIpc) is 3.33. The molecule has 2 aliphatic carbocycles. The molecular weight excluding hydrogens is 528 g/mol. The van der Waals surface area contributed by atoms with Crippen molar-refractivity contribution in [2.75, 3.05) is 32.8 Å². The smallest absolute Gasteiger partial charge is 0.317 e. The van der Waals surface area contributed by atoms with Gasteiger partial charge in [0.25, 0.3) is 0 Å². The fraction of sp³-hybridized carbons (Fsp3) is 0.560. The van der Waals surface area contributed by atoms with Gasteiger partial charge in [-0.3, -0.25) is 34.0 Å². The molecule has 0 amide bonds. The van der Waals surface area contributed by atoms with E-state index in [4.69, 9.17) is 0 Å². The number of aliphatic hydroxyl groups excluding tert-OH is 1. The molecule has 15 nitrogen and oxygen atoms in total. The maximum atomic E-state index is 11.3. The van der Waals surface area contributed by atoms with Crippen LogP contribution in [0.25, 0.3) is 5.69 Å². The van der Waals surface area contributed by atoms with Gasteiger partial charge in [-0.2, -0.15) is 0 Å². The normalized spacial score (nSPS) is 19.9. The number of hydrogen-bond donors (Lipinski definition) is 5. The van der Waals surface area contributed by atoms with Gasteiger partial charge in [0, 0.05) is 19.7 Å². The highest BCUT2D eigenvalue weighted by molar-refractivity contribution is 5.73. The Balaban J connectivity index is 1.69. The molecule has 40 heavy (non-hydrogen) atoms. The predicted octanol–water partition coefficient (Wildman–Crippen LogP) is -0.662. The van der Waals surface area contributed by atoms with Crippen LogP contribution >= 0.6 is 0 Å². The summed E-state index contributed by atoms with van der Waals surface area (Å²) in [6, 6.07) is 3.28. The summed E-state index contributed by atoms with van der Waals surface area (Å²) in [4.78, 5) is 52.2. The van der Waals surface area contributed by atoms with Gasteiger partial charge >= 0.3 is 23.9 Å². The third-order valence-electron chi connectivity index (χ3n) is 7.36. The summed E-state index contributed by atoms with van der Waals surface area (Å²) >= 11 is 0. The standard InChI is InChI=1S/C25H32N6O9/c32-13-19-17-1-3-20-21(4-2-18(17)19)31(28-27-20)16-5-14(7-29(9-22(33)34)10-23(35)36)26-15(6-16)8-30(11-24(37)38)12-25(39)40/h5-6,17-19,32H,1-4,7-13H2,(H,33,34)(H,35,36)(H,37,38)(H,39,40). The van der Waals surface area contributed by atoms with E-state index in [2.05, 4.69) is 15.3 Å². The first-order valence-corrected chi connectivity index (χ1v) is 12.9. The highest BCUT2D eigenvalue weighted by atomic mass is 16.4. The number of carbonyl (C=O) groups is 4. The van der Waals surface area contributed by atoms with Crippen molar-refractivity contribution in [3.63, 3.8) is 0 Å². The van der Waals surface area contributed by atoms with E-state index in [1.54, 1.807) is 16.8 Å². The Kier molecular flexibility index (Phi) is 9.07. The number of pyridine rings is 1. The molecule has 2 heterocycles. The molecule has 2 aromatic heterocycles. The summed E-state index contributed by atoms with van der Waals surface area (Å²) in [5, 5.41) is 55.4. The number of fused-ring (bicyclic) bond motifs is 2. The molecule has 0 saturated heterocycles. The Morgan fingerprint density at radius 1 is 0.800 bits per heavy atom. The second kappa shape index (κ2) is 12.5. The summed E-state index contributed by atoms with van der Waals surface area (Å²) < 4.78 is 1.65. The number of aromatic nitrogens is 4. The van der Waals surface area contributed by atoms with Crippen LogP contribution in [0.5, 0.6) is 0 Å². The van der Waals surface area contributed by atoms with Crippen LogP contribution in [0, 0.1) is 17.8 Å². The van der Waals surface area contributed by atoms with Crippen LogP contribution < -0.4 is 0 Å². The maximum absolute atomic E-state index is 11.3. The molecule has 0 radical (unpaired) electrons. The predicted molar refractivity (Wildman–Crippen MR) is 134 cm³/mol. The van der Waals surface area contributed by atoms with E-state index in [1.165, 1.54) is 9.80 Å². The van der Waals surface area contributed by atoms with Crippen LogP contribution in [0.3, 0.4) is 0 Å². The largest absolute Gasteiger partial charge is 0.480 e. The fourth-order valence-corrected chi connectivity index (χ4v) is 5.72. The van der Waals surface area contributed by atoms with Gasteiger partial charge in [-0.25, -0.2) is 4.68 Å². The Bertz CT molecular complexity index is 1190. The quantitative estimate of drug-likeness (QED) is 0.194. The summed E-state index contributed by atoms with van der Waals surface area (Å²) in [6.45, 7) is -2.33. The summed E-state index contributed by atoms with van der Waals surface area (Å²) in [6.07, 6.45) is 3.12. The van der Waals surface area contributed by atoms with Crippen molar-refractivity contribution in [3.8, 4) is 5.69 Å². The van der Waals surface area contributed by atoms with Gasteiger partial charge in [0.05, 0.1) is 54.6 Å². The highest BCUT2D eigenvalue weighted by Gasteiger charge is 2.49. The van der Waals surface area contributed by atoms with Crippen LogP contribution in [0.1, 0.15) is 35.6 Å². The third kappa shape index (κ3) is 7.37. The van der Waals surface area contributed by atoms with Gasteiger partial charge in [-0.05, 0) is 55.6 Å². The second-order valence-corrected chi connectivity index (χ2v) is 10.3. The second-order valence-electron chi connectivity index (χ2n) is 10.3. The van der Waals surface area contributed by atoms with Gasteiger partial charge in [0.2, 0.25) is 0 Å². The van der Waals surface area contributed by atoms with Crippen molar-refractivity contribution < 1.29 is 44.7 Å². The summed E-state index contributed by atoms with van der Waals surface area (Å²) in [5.74, 6) is -3.66. The topological polar surface area (TPSA) is 220 Å². The number of aliphatic carboxylic acids is 4. The summed E-state index contributed by atoms with van der Waals surface area (Å²) in [7, 11) is 0. The van der Waals surface area contributed by atoms with Crippen molar-refractivity contribution >= 4 is 23.9 Å². The van der Waals surface area contributed by atoms with Gasteiger partial charge < -0.3 is 25.5 Å². The zero-order chi connectivity index (χ0) is 29.0. The van der Waals surface area contributed by atoms with E-state index < -0.39 is 50.1 Å². The first-order valence-electron chi connectivity index (χ1n) is 12.9. The van der Waals surface area contributed by atoms with Crippen molar-refractivity contribution in [2.45, 2.75) is 38.8 Å². The molecule has 3 unspecified atom stereocenters. The van der Waals surface area contributed by atoms with Crippen molar-refractivity contribution in [1.29, 1.82) is 0 Å². The average molecular weight is 561 g/mol. The SMILES string of the molecule is O=C(O)CN(CC(=O)O)Cc1cc(-n2nnc3c2CCC2C(CO)C2CC3)cc(CN(CC(=O)O)CC(=O)O)n1. The van der Waals surface area contributed by atoms with E-state index in [1.807, 2.05) is 0 Å². The Hall–Kier alpha value is -3.95. The van der Waals surface area contributed by atoms with Crippen molar-refractivity contribution in [1.82, 2.24) is 29.8 Å². The van der Waals surface area contributed by atoms with Crippen LogP contribution in [0.15, 0.2) is 12.1 Å². The van der Waals surface area contributed by atoms with Crippen molar-refractivity contribution in [3.05, 3.63) is 34.9 Å². The number of aryl methyl sites for hydroxylation is 1. The third-order valence-corrected chi connectivity index (χ3v) is 7.36. The lowest BCUT2D eigenvalue weighted by molar-refractivity contribution is -0.144. The zero-order valence-corrected chi connectivity index (χ0v) is 21.7. The molecule has 2 aliphatic rings. The molecule has 2 aromatic rings. The lowest BCUT2D eigenvalue weighted by Crippen LogP contribution is -2.35. The lowest BCUT2D eigenvalue weighted by atomic mass is 10.0. The Labute approximate surface area is 228 Å². The van der Waals surface area contributed by atoms with Gasteiger partial charge in [0.1, 0.15) is 0 Å². The molecule has 0 aliphatic heterocycles. The number of nitrogens with zero attached hydrogens (tertiary/aromatic N) is 6. The highest BCUT2D eigenvalue weighted by Crippen LogP contribution is 2.52.